The summed E-state index contributed by atoms with van der Waals surface area (Å²) in [7, 11) is -3.99. The molecule has 1 aromatic rings. The maximum atomic E-state index is 12.9. The maximum absolute atomic E-state index is 12.9. The highest BCUT2D eigenvalue weighted by molar-refractivity contribution is 7.89. The van der Waals surface area contributed by atoms with Gasteiger partial charge in [-0.3, -0.25) is 4.79 Å². The van der Waals surface area contributed by atoms with Crippen LogP contribution in [0.25, 0.3) is 0 Å². The number of carboxylic acid groups (broad SMARTS) is 1. The fraction of sp³-hybridized carbons (Fsp3) is 0.529. The molecular weight excluding hydrogens is 360 g/mol. The van der Waals surface area contributed by atoms with Crippen LogP contribution in [0.15, 0.2) is 29.2 Å². The van der Waals surface area contributed by atoms with Crippen LogP contribution in [0, 0.1) is 6.92 Å². The van der Waals surface area contributed by atoms with Crippen LogP contribution in [-0.2, 0) is 19.6 Å². The van der Waals surface area contributed by atoms with Crippen LogP contribution in [0.2, 0.25) is 0 Å². The quantitative estimate of drug-likeness (QED) is 0.850. The molecule has 1 aromatic carbocycles. The number of carbonyl (C=O) groups is 2. The molecule has 1 aliphatic heterocycles. The van der Waals surface area contributed by atoms with Crippen molar-refractivity contribution in [3.05, 3.63) is 29.8 Å². The van der Waals surface area contributed by atoms with E-state index in [1.165, 1.54) is 17.0 Å². The van der Waals surface area contributed by atoms with Gasteiger partial charge in [0.1, 0.15) is 11.6 Å². The van der Waals surface area contributed by atoms with Crippen LogP contribution in [0.5, 0.6) is 0 Å². The molecule has 1 N–H and O–H groups in total. The Morgan fingerprint density at radius 3 is 2.42 bits per heavy atom. The van der Waals surface area contributed by atoms with Gasteiger partial charge in [0.25, 0.3) is 0 Å². The van der Waals surface area contributed by atoms with Crippen LogP contribution < -0.4 is 0 Å². The Morgan fingerprint density at radius 1 is 1.23 bits per heavy atom. The van der Waals surface area contributed by atoms with Gasteiger partial charge in [-0.2, -0.15) is 4.31 Å². The number of amides is 1. The lowest BCUT2D eigenvalue weighted by molar-refractivity contribution is -0.143. The number of rotatable bonds is 3. The van der Waals surface area contributed by atoms with Crippen LogP contribution in [0.4, 0.5) is 4.79 Å². The van der Waals surface area contributed by atoms with Gasteiger partial charge in [-0.1, -0.05) is 12.1 Å². The number of aryl methyl sites for hydroxylation is 1. The van der Waals surface area contributed by atoms with E-state index < -0.39 is 33.7 Å². The molecular formula is C17H24N2O6S. The van der Waals surface area contributed by atoms with Crippen molar-refractivity contribution < 1.29 is 27.9 Å². The molecule has 2 rings (SSSR count). The molecule has 1 amide bonds. The van der Waals surface area contributed by atoms with E-state index in [-0.39, 0.29) is 24.5 Å². The summed E-state index contributed by atoms with van der Waals surface area (Å²) >= 11 is 0. The molecule has 1 saturated heterocycles. The molecule has 26 heavy (non-hydrogen) atoms. The van der Waals surface area contributed by atoms with E-state index in [1.54, 1.807) is 39.8 Å². The molecule has 0 aliphatic carbocycles. The lowest BCUT2D eigenvalue weighted by atomic mass is 10.2. The van der Waals surface area contributed by atoms with E-state index in [2.05, 4.69) is 0 Å². The van der Waals surface area contributed by atoms with E-state index >= 15 is 0 Å². The summed E-state index contributed by atoms with van der Waals surface area (Å²) in [5, 5.41) is 9.52. The molecule has 1 heterocycles. The number of hydrogen-bond donors (Lipinski definition) is 1. The SMILES string of the molecule is Cc1cccc(S(=O)(=O)N2CCN(C(=O)OC(C)(C)C)CC2C(=O)O)c1. The fourth-order valence-electron chi connectivity index (χ4n) is 2.66. The zero-order valence-corrected chi connectivity index (χ0v) is 16.1. The molecule has 1 atom stereocenters. The highest BCUT2D eigenvalue weighted by Gasteiger charge is 2.42. The second-order valence-electron chi connectivity index (χ2n) is 7.21. The Bertz CT molecular complexity index is 800. The molecule has 144 valence electrons. The van der Waals surface area contributed by atoms with Gasteiger partial charge < -0.3 is 14.7 Å². The fourth-order valence-corrected chi connectivity index (χ4v) is 4.33. The van der Waals surface area contributed by atoms with E-state index in [9.17, 15) is 23.1 Å². The number of piperazine rings is 1. The minimum Gasteiger partial charge on any atom is -0.480 e. The Hall–Kier alpha value is -2.13. The van der Waals surface area contributed by atoms with Gasteiger partial charge in [0, 0.05) is 13.1 Å². The second-order valence-corrected chi connectivity index (χ2v) is 9.10. The predicted molar refractivity (Wildman–Crippen MR) is 94.3 cm³/mol. The Balaban J connectivity index is 2.26. The van der Waals surface area contributed by atoms with Crippen molar-refractivity contribution in [3.8, 4) is 0 Å². The summed E-state index contributed by atoms with van der Waals surface area (Å²) in [4.78, 5) is 25.1. The third-order valence-electron chi connectivity index (χ3n) is 3.86. The Kier molecular flexibility index (Phi) is 5.62. The van der Waals surface area contributed by atoms with Crippen molar-refractivity contribution in [2.24, 2.45) is 0 Å². The Morgan fingerprint density at radius 2 is 1.88 bits per heavy atom. The molecule has 1 aliphatic rings. The van der Waals surface area contributed by atoms with Crippen molar-refractivity contribution in [2.45, 2.75) is 44.2 Å². The first-order chi connectivity index (χ1) is 11.9. The molecule has 8 nitrogen and oxygen atoms in total. The number of carboxylic acids is 1. The number of sulfonamides is 1. The number of aliphatic carboxylic acids is 1. The Labute approximate surface area is 153 Å². The molecule has 0 saturated carbocycles. The smallest absolute Gasteiger partial charge is 0.410 e. The van der Waals surface area contributed by atoms with E-state index in [0.717, 1.165) is 9.87 Å². The topological polar surface area (TPSA) is 104 Å². The summed E-state index contributed by atoms with van der Waals surface area (Å²) in [5.74, 6) is -1.31. The monoisotopic (exact) mass is 384 g/mol. The number of nitrogens with zero attached hydrogens (tertiary/aromatic N) is 2. The van der Waals surface area contributed by atoms with Gasteiger partial charge >= 0.3 is 12.1 Å². The average molecular weight is 384 g/mol. The summed E-state index contributed by atoms with van der Waals surface area (Å²) in [5.41, 5.74) is 0.0333. The highest BCUT2D eigenvalue weighted by Crippen LogP contribution is 2.23. The first-order valence-corrected chi connectivity index (χ1v) is 9.65. The van der Waals surface area contributed by atoms with Crippen molar-refractivity contribution >= 4 is 22.1 Å². The molecule has 1 fully saturated rings. The standard InChI is InChI=1S/C17H24N2O6S/c1-12-6-5-7-13(10-12)26(23,24)19-9-8-18(11-14(19)15(20)21)16(22)25-17(2,3)4/h5-7,10,14H,8-9,11H2,1-4H3,(H,20,21). The van der Waals surface area contributed by atoms with Gasteiger partial charge in [-0.05, 0) is 45.4 Å². The molecule has 0 spiro atoms. The van der Waals surface area contributed by atoms with Crippen LogP contribution in [0.3, 0.4) is 0 Å². The van der Waals surface area contributed by atoms with Crippen LogP contribution in [0.1, 0.15) is 26.3 Å². The maximum Gasteiger partial charge on any atom is 0.410 e. The lowest BCUT2D eigenvalue weighted by Crippen LogP contribution is -2.59. The summed E-state index contributed by atoms with van der Waals surface area (Å²) < 4.78 is 32.0. The number of ether oxygens (including phenoxy) is 1. The predicted octanol–water partition coefficient (Wildman–Crippen LogP) is 1.69. The van der Waals surface area contributed by atoms with Gasteiger partial charge in [-0.25, -0.2) is 13.2 Å². The zero-order valence-electron chi connectivity index (χ0n) is 15.3. The molecule has 0 aromatic heterocycles. The van der Waals surface area contributed by atoms with Gasteiger partial charge in [0.05, 0.1) is 11.4 Å². The average Bonchev–Trinajstić information content (AvgIpc) is 2.52. The molecule has 0 bridgehead atoms. The number of carbonyl (C=O) groups excluding carboxylic acids is 1. The molecule has 0 radical (unpaired) electrons. The number of benzene rings is 1. The summed E-state index contributed by atoms with van der Waals surface area (Å²) in [6.45, 7) is 6.55. The van der Waals surface area contributed by atoms with Gasteiger partial charge in [0.15, 0.2) is 0 Å². The summed E-state index contributed by atoms with van der Waals surface area (Å²) in [6.07, 6.45) is -0.656. The minimum atomic E-state index is -3.99. The van der Waals surface area contributed by atoms with Crippen molar-refractivity contribution in [1.82, 2.24) is 9.21 Å². The lowest BCUT2D eigenvalue weighted by Gasteiger charge is -2.38. The van der Waals surface area contributed by atoms with Crippen LogP contribution >= 0.6 is 0 Å². The number of hydrogen-bond acceptors (Lipinski definition) is 5. The van der Waals surface area contributed by atoms with Crippen molar-refractivity contribution in [1.29, 1.82) is 0 Å². The molecule has 9 heteroatoms. The largest absolute Gasteiger partial charge is 0.480 e. The van der Waals surface area contributed by atoms with E-state index in [0.29, 0.717) is 0 Å². The first kappa shape index (κ1) is 20.2. The van der Waals surface area contributed by atoms with E-state index in [4.69, 9.17) is 4.74 Å². The van der Waals surface area contributed by atoms with Crippen LogP contribution in [-0.4, -0.2) is 66.1 Å². The van der Waals surface area contributed by atoms with Gasteiger partial charge in [0.2, 0.25) is 10.0 Å². The highest BCUT2D eigenvalue weighted by atomic mass is 32.2. The van der Waals surface area contributed by atoms with Crippen molar-refractivity contribution in [2.75, 3.05) is 19.6 Å². The third-order valence-corrected chi connectivity index (χ3v) is 5.77. The van der Waals surface area contributed by atoms with Gasteiger partial charge in [-0.15, -0.1) is 0 Å². The zero-order chi connectivity index (χ0) is 19.7. The third kappa shape index (κ3) is 4.53. The summed E-state index contributed by atoms with van der Waals surface area (Å²) in [6, 6.07) is 4.92. The second kappa shape index (κ2) is 7.24. The van der Waals surface area contributed by atoms with Crippen molar-refractivity contribution in [3.63, 3.8) is 0 Å². The first-order valence-electron chi connectivity index (χ1n) is 8.21. The normalized spacial score (nSPS) is 19.2. The minimum absolute atomic E-state index is 0.0365. The van der Waals surface area contributed by atoms with E-state index in [1.807, 2.05) is 0 Å². The molecule has 1 unspecified atom stereocenters.